The Labute approximate surface area is 127 Å². The van der Waals surface area contributed by atoms with Gasteiger partial charge in [-0.1, -0.05) is 41.0 Å². The fourth-order valence-corrected chi connectivity index (χ4v) is 3.13. The first-order valence-electron chi connectivity index (χ1n) is 8.70. The number of rotatable bonds is 7. The monoisotopic (exact) mass is 283 g/mol. The Bertz CT molecular complexity index is 244. The predicted octanol–water partition coefficient (Wildman–Crippen LogP) is 4.63. The van der Waals surface area contributed by atoms with Gasteiger partial charge in [-0.05, 0) is 49.4 Å². The summed E-state index contributed by atoms with van der Waals surface area (Å²) >= 11 is 0. The van der Waals surface area contributed by atoms with Crippen LogP contribution in [0.3, 0.4) is 0 Å². The van der Waals surface area contributed by atoms with Gasteiger partial charge in [0.05, 0.1) is 6.61 Å². The quantitative estimate of drug-likeness (QED) is 0.543. The minimum Gasteiger partial charge on any atom is -0.380 e. The van der Waals surface area contributed by atoms with E-state index in [2.05, 4.69) is 39.9 Å². The van der Waals surface area contributed by atoms with Crippen LogP contribution in [0.2, 0.25) is 0 Å². The maximum atomic E-state index is 5.68. The van der Waals surface area contributed by atoms with Crippen molar-refractivity contribution in [1.82, 2.24) is 5.32 Å². The van der Waals surface area contributed by atoms with Gasteiger partial charge in [-0.3, -0.25) is 0 Å². The largest absolute Gasteiger partial charge is 0.380 e. The second-order valence-corrected chi connectivity index (χ2v) is 8.02. The van der Waals surface area contributed by atoms with Crippen molar-refractivity contribution in [2.75, 3.05) is 19.8 Å². The molecular weight excluding hydrogens is 246 g/mol. The highest BCUT2D eigenvalue weighted by molar-refractivity contribution is 4.81. The van der Waals surface area contributed by atoms with Crippen molar-refractivity contribution < 1.29 is 4.74 Å². The molecule has 0 saturated heterocycles. The van der Waals surface area contributed by atoms with E-state index in [1.54, 1.807) is 0 Å². The molecule has 0 aliphatic heterocycles. The van der Waals surface area contributed by atoms with Crippen molar-refractivity contribution in [1.29, 1.82) is 0 Å². The molecule has 0 aromatic heterocycles. The fourth-order valence-electron chi connectivity index (χ4n) is 3.13. The van der Waals surface area contributed by atoms with Crippen molar-refractivity contribution in [3.05, 3.63) is 0 Å². The van der Waals surface area contributed by atoms with Crippen molar-refractivity contribution in [3.63, 3.8) is 0 Å². The van der Waals surface area contributed by atoms with E-state index in [4.69, 9.17) is 4.74 Å². The lowest BCUT2D eigenvalue weighted by atomic mass is 9.76. The van der Waals surface area contributed by atoms with E-state index in [1.165, 1.54) is 38.5 Å². The summed E-state index contributed by atoms with van der Waals surface area (Å²) in [5.41, 5.74) is 0.481. The van der Waals surface area contributed by atoms with Crippen LogP contribution < -0.4 is 5.32 Å². The van der Waals surface area contributed by atoms with Crippen LogP contribution in [0.5, 0.6) is 0 Å². The van der Waals surface area contributed by atoms with Gasteiger partial charge in [0.2, 0.25) is 0 Å². The smallest absolute Gasteiger partial charge is 0.0591 e. The second-order valence-electron chi connectivity index (χ2n) is 8.02. The molecule has 0 radical (unpaired) electrons. The highest BCUT2D eigenvalue weighted by Gasteiger charge is 2.27. The van der Waals surface area contributed by atoms with E-state index in [9.17, 15) is 0 Å². The molecule has 0 aromatic rings. The van der Waals surface area contributed by atoms with Gasteiger partial charge < -0.3 is 10.1 Å². The van der Waals surface area contributed by atoms with Crippen LogP contribution in [0.25, 0.3) is 0 Å². The third-order valence-corrected chi connectivity index (χ3v) is 4.71. The van der Waals surface area contributed by atoms with Crippen LogP contribution in [0.4, 0.5) is 0 Å². The molecule has 0 amide bonds. The van der Waals surface area contributed by atoms with Gasteiger partial charge in [-0.15, -0.1) is 0 Å². The highest BCUT2D eigenvalue weighted by Crippen LogP contribution is 2.36. The molecule has 1 N–H and O–H groups in total. The lowest BCUT2D eigenvalue weighted by molar-refractivity contribution is 0.122. The van der Waals surface area contributed by atoms with E-state index in [0.29, 0.717) is 5.41 Å². The molecule has 1 aliphatic carbocycles. The molecule has 2 nitrogen and oxygen atoms in total. The van der Waals surface area contributed by atoms with Gasteiger partial charge in [0.1, 0.15) is 0 Å². The summed E-state index contributed by atoms with van der Waals surface area (Å²) in [4.78, 5) is 0. The van der Waals surface area contributed by atoms with Crippen molar-refractivity contribution in [2.24, 2.45) is 17.3 Å². The maximum absolute atomic E-state index is 5.68. The first kappa shape index (κ1) is 18.0. The minimum absolute atomic E-state index is 0.481. The Balaban J connectivity index is 2.10. The average molecular weight is 284 g/mol. The Kier molecular flexibility index (Phi) is 8.13. The maximum Gasteiger partial charge on any atom is 0.0591 e. The lowest BCUT2D eigenvalue weighted by Crippen LogP contribution is -2.32. The van der Waals surface area contributed by atoms with Crippen LogP contribution in [-0.2, 0) is 4.74 Å². The Morgan fingerprint density at radius 3 is 2.45 bits per heavy atom. The zero-order chi connectivity index (χ0) is 15.0. The summed E-state index contributed by atoms with van der Waals surface area (Å²) in [7, 11) is 0. The summed E-state index contributed by atoms with van der Waals surface area (Å²) < 4.78 is 5.68. The number of nitrogens with one attached hydrogen (secondary N) is 1. The first-order chi connectivity index (χ1) is 9.39. The molecule has 1 saturated carbocycles. The molecule has 20 heavy (non-hydrogen) atoms. The SMILES string of the molecule is CC(C)CCOCCNC1CCCC(C(C)(C)C)CC1. The van der Waals surface area contributed by atoms with Crippen LogP contribution >= 0.6 is 0 Å². The van der Waals surface area contributed by atoms with Gasteiger partial charge in [0.25, 0.3) is 0 Å². The summed E-state index contributed by atoms with van der Waals surface area (Å²) in [6.07, 6.45) is 8.04. The molecule has 2 unspecified atom stereocenters. The fraction of sp³-hybridized carbons (Fsp3) is 1.00. The summed E-state index contributed by atoms with van der Waals surface area (Å²) in [5.74, 6) is 1.65. The van der Waals surface area contributed by atoms with Gasteiger partial charge >= 0.3 is 0 Å². The topological polar surface area (TPSA) is 21.3 Å². The molecule has 1 aliphatic rings. The van der Waals surface area contributed by atoms with Gasteiger partial charge in [-0.2, -0.15) is 0 Å². The van der Waals surface area contributed by atoms with Crippen molar-refractivity contribution >= 4 is 0 Å². The molecule has 2 heteroatoms. The van der Waals surface area contributed by atoms with Gasteiger partial charge in [0, 0.05) is 19.2 Å². The Morgan fingerprint density at radius 1 is 1.05 bits per heavy atom. The zero-order valence-corrected chi connectivity index (χ0v) is 14.5. The highest BCUT2D eigenvalue weighted by atomic mass is 16.5. The molecule has 0 bridgehead atoms. The second kappa shape index (κ2) is 9.04. The summed E-state index contributed by atoms with van der Waals surface area (Å²) in [5, 5.41) is 3.70. The van der Waals surface area contributed by atoms with E-state index >= 15 is 0 Å². The zero-order valence-electron chi connectivity index (χ0n) is 14.5. The Hall–Kier alpha value is -0.0800. The van der Waals surface area contributed by atoms with E-state index in [0.717, 1.165) is 37.6 Å². The lowest BCUT2D eigenvalue weighted by Gasteiger charge is -2.29. The molecule has 2 atom stereocenters. The molecule has 0 aromatic carbocycles. The minimum atomic E-state index is 0.481. The van der Waals surface area contributed by atoms with E-state index < -0.39 is 0 Å². The molecule has 0 heterocycles. The molecule has 1 fully saturated rings. The first-order valence-corrected chi connectivity index (χ1v) is 8.70. The molecule has 0 spiro atoms. The van der Waals surface area contributed by atoms with Crippen LogP contribution in [0.1, 0.15) is 73.1 Å². The predicted molar refractivity (Wildman–Crippen MR) is 88.1 cm³/mol. The average Bonchev–Trinajstić information content (AvgIpc) is 2.58. The number of hydrogen-bond donors (Lipinski definition) is 1. The van der Waals surface area contributed by atoms with Crippen molar-refractivity contribution in [2.45, 2.75) is 79.2 Å². The normalized spacial score (nSPS) is 24.9. The van der Waals surface area contributed by atoms with Crippen LogP contribution in [0.15, 0.2) is 0 Å². The summed E-state index contributed by atoms with van der Waals surface area (Å²) in [6, 6.07) is 0.719. The Morgan fingerprint density at radius 2 is 1.80 bits per heavy atom. The molecular formula is C18H37NO. The van der Waals surface area contributed by atoms with Gasteiger partial charge in [0.15, 0.2) is 0 Å². The number of hydrogen-bond acceptors (Lipinski definition) is 2. The van der Waals surface area contributed by atoms with Crippen LogP contribution in [-0.4, -0.2) is 25.8 Å². The number of ether oxygens (including phenoxy) is 1. The third kappa shape index (κ3) is 7.64. The third-order valence-electron chi connectivity index (χ3n) is 4.71. The molecule has 120 valence electrons. The van der Waals surface area contributed by atoms with Gasteiger partial charge in [-0.25, -0.2) is 0 Å². The van der Waals surface area contributed by atoms with E-state index in [-0.39, 0.29) is 0 Å². The standard InChI is InChI=1S/C18H37NO/c1-15(2)11-13-20-14-12-19-17-8-6-7-16(9-10-17)18(3,4)5/h15-17,19H,6-14H2,1-5H3. The summed E-state index contributed by atoms with van der Waals surface area (Å²) in [6.45, 7) is 14.5. The van der Waals surface area contributed by atoms with E-state index in [1.807, 2.05) is 0 Å². The molecule has 1 rings (SSSR count). The van der Waals surface area contributed by atoms with Crippen molar-refractivity contribution in [3.8, 4) is 0 Å². The van der Waals surface area contributed by atoms with Crippen LogP contribution in [0, 0.1) is 17.3 Å².